The van der Waals surface area contributed by atoms with E-state index < -0.39 is 6.04 Å². The van der Waals surface area contributed by atoms with Crippen LogP contribution in [0, 0.1) is 12.7 Å². The van der Waals surface area contributed by atoms with E-state index in [0.29, 0.717) is 12.3 Å². The quantitative estimate of drug-likeness (QED) is 0.828. The Hall–Kier alpha value is -2.89. The number of hydrogen-bond donors (Lipinski definition) is 1. The fraction of sp³-hybridized carbons (Fsp3) is 0.300. The molecule has 0 bridgehead atoms. The van der Waals surface area contributed by atoms with Crippen molar-refractivity contribution >= 4 is 11.8 Å². The van der Waals surface area contributed by atoms with E-state index in [0.717, 1.165) is 11.1 Å². The predicted octanol–water partition coefficient (Wildman–Crippen LogP) is 2.68. The zero-order valence-electron chi connectivity index (χ0n) is 15.2. The molecule has 0 radical (unpaired) electrons. The van der Waals surface area contributed by atoms with Crippen molar-refractivity contribution in [3.05, 3.63) is 65.5 Å². The third-order valence-electron chi connectivity index (χ3n) is 4.03. The Bertz CT molecular complexity index is 762. The van der Waals surface area contributed by atoms with E-state index >= 15 is 0 Å². The Morgan fingerprint density at radius 3 is 2.50 bits per heavy atom. The molecule has 2 aromatic carbocycles. The van der Waals surface area contributed by atoms with Crippen LogP contribution in [0.15, 0.2) is 48.5 Å². The molecule has 138 valence electrons. The maximum Gasteiger partial charge on any atom is 0.261 e. The second-order valence-electron chi connectivity index (χ2n) is 6.04. The molecule has 5 nitrogen and oxygen atoms in total. The van der Waals surface area contributed by atoms with Gasteiger partial charge < -0.3 is 15.0 Å². The lowest BCUT2D eigenvalue weighted by Crippen LogP contribution is -2.48. The van der Waals surface area contributed by atoms with Gasteiger partial charge in [0.1, 0.15) is 17.6 Å². The van der Waals surface area contributed by atoms with E-state index in [2.05, 4.69) is 5.32 Å². The molecule has 0 fully saturated rings. The maximum absolute atomic E-state index is 12.9. The van der Waals surface area contributed by atoms with Crippen LogP contribution in [0.5, 0.6) is 5.75 Å². The number of hydrogen-bond acceptors (Lipinski definition) is 3. The predicted molar refractivity (Wildman–Crippen MR) is 97.2 cm³/mol. The first kappa shape index (κ1) is 19.4. The van der Waals surface area contributed by atoms with Gasteiger partial charge in [-0.05, 0) is 43.7 Å². The lowest BCUT2D eigenvalue weighted by atomic mass is 10.1. The molecular weight excluding hydrogens is 335 g/mol. The zero-order valence-corrected chi connectivity index (χ0v) is 15.2. The SMILES string of the molecule is CNC(=O)C(C)N(Cc1cccc(C)c1)C(=O)COc1ccc(F)cc1. The van der Waals surface area contributed by atoms with Gasteiger partial charge in [0.05, 0.1) is 0 Å². The van der Waals surface area contributed by atoms with Crippen molar-refractivity contribution in [2.45, 2.75) is 26.4 Å². The first-order chi connectivity index (χ1) is 12.4. The van der Waals surface area contributed by atoms with Crippen molar-refractivity contribution in [3.63, 3.8) is 0 Å². The highest BCUT2D eigenvalue weighted by Gasteiger charge is 2.25. The molecule has 1 N–H and O–H groups in total. The summed E-state index contributed by atoms with van der Waals surface area (Å²) in [7, 11) is 1.53. The third-order valence-corrected chi connectivity index (χ3v) is 4.03. The molecule has 2 aromatic rings. The number of nitrogens with zero attached hydrogens (tertiary/aromatic N) is 1. The number of amides is 2. The Morgan fingerprint density at radius 2 is 1.88 bits per heavy atom. The van der Waals surface area contributed by atoms with E-state index in [9.17, 15) is 14.0 Å². The first-order valence-corrected chi connectivity index (χ1v) is 8.35. The minimum absolute atomic E-state index is 0.237. The van der Waals surface area contributed by atoms with Gasteiger partial charge in [0.25, 0.3) is 5.91 Å². The van der Waals surface area contributed by atoms with Crippen LogP contribution in [0.2, 0.25) is 0 Å². The smallest absolute Gasteiger partial charge is 0.261 e. The average molecular weight is 358 g/mol. The number of benzene rings is 2. The summed E-state index contributed by atoms with van der Waals surface area (Å²) in [6, 6.07) is 12.5. The summed E-state index contributed by atoms with van der Waals surface area (Å²) in [4.78, 5) is 26.2. The number of ether oxygens (including phenoxy) is 1. The summed E-state index contributed by atoms with van der Waals surface area (Å²) >= 11 is 0. The molecule has 0 heterocycles. The Kier molecular flexibility index (Phi) is 6.72. The van der Waals surface area contributed by atoms with E-state index in [1.54, 1.807) is 6.92 Å². The summed E-state index contributed by atoms with van der Waals surface area (Å²) in [5.74, 6) is -0.569. The number of aryl methyl sites for hydroxylation is 1. The zero-order chi connectivity index (χ0) is 19.1. The Labute approximate surface area is 152 Å². The highest BCUT2D eigenvalue weighted by molar-refractivity contribution is 5.87. The molecule has 0 saturated heterocycles. The average Bonchev–Trinajstić information content (AvgIpc) is 2.64. The highest BCUT2D eigenvalue weighted by Crippen LogP contribution is 2.14. The van der Waals surface area contributed by atoms with E-state index in [1.165, 1.54) is 36.2 Å². The van der Waals surface area contributed by atoms with Gasteiger partial charge in [0.15, 0.2) is 6.61 Å². The molecule has 6 heteroatoms. The van der Waals surface area contributed by atoms with Crippen molar-refractivity contribution in [2.24, 2.45) is 0 Å². The number of halogens is 1. The molecule has 0 aliphatic heterocycles. The molecule has 1 atom stereocenters. The van der Waals surface area contributed by atoms with Gasteiger partial charge >= 0.3 is 0 Å². The fourth-order valence-corrected chi connectivity index (χ4v) is 2.56. The van der Waals surface area contributed by atoms with E-state index in [-0.39, 0.29) is 24.2 Å². The molecule has 1 unspecified atom stereocenters. The van der Waals surface area contributed by atoms with E-state index in [4.69, 9.17) is 4.74 Å². The molecule has 0 saturated carbocycles. The van der Waals surface area contributed by atoms with Gasteiger partial charge in [0.2, 0.25) is 5.91 Å². The number of rotatable bonds is 7. The molecular formula is C20H23FN2O3. The fourth-order valence-electron chi connectivity index (χ4n) is 2.56. The van der Waals surface area contributed by atoms with Gasteiger partial charge in [0, 0.05) is 13.6 Å². The van der Waals surface area contributed by atoms with Crippen LogP contribution in [0.3, 0.4) is 0 Å². The van der Waals surface area contributed by atoms with Crippen molar-refractivity contribution in [1.82, 2.24) is 10.2 Å². The van der Waals surface area contributed by atoms with Crippen molar-refractivity contribution in [2.75, 3.05) is 13.7 Å². The molecule has 26 heavy (non-hydrogen) atoms. The third kappa shape index (κ3) is 5.31. The Balaban J connectivity index is 2.12. The normalized spacial score (nSPS) is 11.5. The van der Waals surface area contributed by atoms with Crippen LogP contribution in [-0.4, -0.2) is 36.4 Å². The molecule has 0 aliphatic rings. The highest BCUT2D eigenvalue weighted by atomic mass is 19.1. The lowest BCUT2D eigenvalue weighted by molar-refractivity contribution is -0.142. The molecule has 0 aliphatic carbocycles. The molecule has 2 amide bonds. The monoisotopic (exact) mass is 358 g/mol. The number of carbonyl (C=O) groups excluding carboxylic acids is 2. The van der Waals surface area contributed by atoms with Gasteiger partial charge in [-0.15, -0.1) is 0 Å². The summed E-state index contributed by atoms with van der Waals surface area (Å²) < 4.78 is 18.4. The minimum atomic E-state index is -0.648. The van der Waals surface area contributed by atoms with Gasteiger partial charge in [-0.2, -0.15) is 0 Å². The van der Waals surface area contributed by atoms with Crippen LogP contribution >= 0.6 is 0 Å². The van der Waals surface area contributed by atoms with Crippen molar-refractivity contribution in [1.29, 1.82) is 0 Å². The van der Waals surface area contributed by atoms with Gasteiger partial charge in [-0.25, -0.2) is 4.39 Å². The summed E-state index contributed by atoms with van der Waals surface area (Å²) in [6.45, 7) is 3.70. The van der Waals surface area contributed by atoms with Crippen LogP contribution in [0.4, 0.5) is 4.39 Å². The van der Waals surface area contributed by atoms with Crippen molar-refractivity contribution in [3.8, 4) is 5.75 Å². The molecule has 0 spiro atoms. The van der Waals surface area contributed by atoms with Crippen LogP contribution in [-0.2, 0) is 16.1 Å². The first-order valence-electron chi connectivity index (χ1n) is 8.35. The Morgan fingerprint density at radius 1 is 1.19 bits per heavy atom. The van der Waals surface area contributed by atoms with Crippen LogP contribution in [0.25, 0.3) is 0 Å². The van der Waals surface area contributed by atoms with Crippen molar-refractivity contribution < 1.29 is 18.7 Å². The van der Waals surface area contributed by atoms with E-state index in [1.807, 2.05) is 31.2 Å². The number of carbonyl (C=O) groups is 2. The number of nitrogens with one attached hydrogen (secondary N) is 1. The standard InChI is InChI=1S/C20H23FN2O3/c1-14-5-4-6-16(11-14)12-23(15(2)20(25)22-3)19(24)13-26-18-9-7-17(21)8-10-18/h4-11,15H,12-13H2,1-3H3,(H,22,25). The second kappa shape index (κ2) is 8.99. The summed E-state index contributed by atoms with van der Waals surface area (Å²) in [5.41, 5.74) is 2.00. The maximum atomic E-state index is 12.9. The van der Waals surface area contributed by atoms with Crippen LogP contribution in [0.1, 0.15) is 18.1 Å². The largest absolute Gasteiger partial charge is 0.484 e. The minimum Gasteiger partial charge on any atom is -0.484 e. The molecule has 2 rings (SSSR count). The lowest BCUT2D eigenvalue weighted by Gasteiger charge is -2.28. The summed E-state index contributed by atoms with van der Waals surface area (Å²) in [6.07, 6.45) is 0. The van der Waals surface area contributed by atoms with Gasteiger partial charge in [-0.1, -0.05) is 29.8 Å². The topological polar surface area (TPSA) is 58.6 Å². The molecule has 0 aromatic heterocycles. The van der Waals surface area contributed by atoms with Gasteiger partial charge in [-0.3, -0.25) is 9.59 Å². The summed E-state index contributed by atoms with van der Waals surface area (Å²) in [5, 5.41) is 2.56. The second-order valence-corrected chi connectivity index (χ2v) is 6.04. The van der Waals surface area contributed by atoms with Crippen LogP contribution < -0.4 is 10.1 Å². The number of likely N-dealkylation sites (N-methyl/N-ethyl adjacent to an activating group) is 1.